The van der Waals surface area contributed by atoms with E-state index in [-0.39, 0.29) is 11.8 Å². The summed E-state index contributed by atoms with van der Waals surface area (Å²) in [5.74, 6) is 0.389. The van der Waals surface area contributed by atoms with Gasteiger partial charge in [-0.3, -0.25) is 9.59 Å². The molecule has 0 spiro atoms. The summed E-state index contributed by atoms with van der Waals surface area (Å²) in [5.41, 5.74) is 1.99. The minimum absolute atomic E-state index is 0.149. The number of rotatable bonds is 6. The molecule has 0 saturated heterocycles. The van der Waals surface area contributed by atoms with Crippen molar-refractivity contribution in [3.8, 4) is 0 Å². The van der Waals surface area contributed by atoms with Crippen LogP contribution in [0.1, 0.15) is 32.0 Å². The van der Waals surface area contributed by atoms with Crippen molar-refractivity contribution in [1.29, 1.82) is 0 Å². The van der Waals surface area contributed by atoms with Gasteiger partial charge >= 0.3 is 0 Å². The molecule has 2 amide bonds. The molecule has 0 aliphatic heterocycles. The van der Waals surface area contributed by atoms with Crippen LogP contribution in [0.3, 0.4) is 0 Å². The third kappa shape index (κ3) is 4.77. The number of carbonyl (C=O) groups excluding carboxylic acids is 2. The molecule has 1 N–H and O–H groups in total. The summed E-state index contributed by atoms with van der Waals surface area (Å²) in [5, 5.41) is 3.10. The predicted octanol–water partition coefficient (Wildman–Crippen LogP) is 4.14. The fourth-order valence-corrected chi connectivity index (χ4v) is 2.91. The number of furan rings is 1. The van der Waals surface area contributed by atoms with Crippen molar-refractivity contribution < 1.29 is 14.0 Å². The van der Waals surface area contributed by atoms with E-state index in [4.69, 9.17) is 16.0 Å². The molecule has 5 nitrogen and oxygen atoms in total. The summed E-state index contributed by atoms with van der Waals surface area (Å²) in [6, 6.07) is 17.6. The van der Waals surface area contributed by atoms with Crippen LogP contribution in [0.2, 0.25) is 5.02 Å². The summed E-state index contributed by atoms with van der Waals surface area (Å²) < 4.78 is 5.40. The van der Waals surface area contributed by atoms with Gasteiger partial charge in [-0.05, 0) is 48.0 Å². The highest BCUT2D eigenvalue weighted by atomic mass is 35.5. The molecule has 0 saturated carbocycles. The van der Waals surface area contributed by atoms with E-state index in [1.807, 2.05) is 18.2 Å². The maximum atomic E-state index is 13.0. The maximum absolute atomic E-state index is 13.0. The lowest BCUT2D eigenvalue weighted by Gasteiger charge is -2.22. The van der Waals surface area contributed by atoms with Crippen LogP contribution >= 0.6 is 11.6 Å². The van der Waals surface area contributed by atoms with Crippen LogP contribution in [0.4, 0.5) is 0 Å². The normalized spacial score (nSPS) is 10.4. The van der Waals surface area contributed by atoms with E-state index in [0.29, 0.717) is 35.0 Å². The molecule has 3 rings (SSSR count). The topological polar surface area (TPSA) is 62.6 Å². The summed E-state index contributed by atoms with van der Waals surface area (Å²) in [4.78, 5) is 26.4. The van der Waals surface area contributed by atoms with E-state index in [1.165, 1.54) is 0 Å². The molecule has 0 aliphatic rings. The van der Waals surface area contributed by atoms with E-state index in [9.17, 15) is 9.59 Å². The largest absolute Gasteiger partial charge is 0.467 e. The minimum Gasteiger partial charge on any atom is -0.467 e. The molecule has 0 radical (unpaired) electrons. The van der Waals surface area contributed by atoms with Crippen molar-refractivity contribution in [2.45, 2.75) is 13.1 Å². The highest BCUT2D eigenvalue weighted by Gasteiger charge is 2.18. The zero-order valence-corrected chi connectivity index (χ0v) is 15.6. The first-order valence-electron chi connectivity index (χ1n) is 8.45. The second kappa shape index (κ2) is 8.56. The molecule has 138 valence electrons. The Hall–Kier alpha value is -3.05. The van der Waals surface area contributed by atoms with Crippen LogP contribution < -0.4 is 5.32 Å². The van der Waals surface area contributed by atoms with Gasteiger partial charge in [0.15, 0.2) is 0 Å². The van der Waals surface area contributed by atoms with Crippen LogP contribution in [-0.2, 0) is 13.1 Å². The first-order valence-corrected chi connectivity index (χ1v) is 8.83. The average Bonchev–Trinajstić information content (AvgIpc) is 3.20. The Labute approximate surface area is 162 Å². The highest BCUT2D eigenvalue weighted by molar-refractivity contribution is 6.30. The van der Waals surface area contributed by atoms with Crippen molar-refractivity contribution in [3.05, 3.63) is 94.4 Å². The van der Waals surface area contributed by atoms with Gasteiger partial charge in [-0.2, -0.15) is 0 Å². The molecule has 27 heavy (non-hydrogen) atoms. The Morgan fingerprint density at radius 3 is 2.41 bits per heavy atom. The van der Waals surface area contributed by atoms with Crippen molar-refractivity contribution >= 4 is 23.4 Å². The molecular formula is C21H19ClN2O3. The number of hydrogen-bond donors (Lipinski definition) is 1. The Kier molecular flexibility index (Phi) is 5.94. The number of benzene rings is 2. The van der Waals surface area contributed by atoms with Crippen molar-refractivity contribution in [2.24, 2.45) is 0 Å². The van der Waals surface area contributed by atoms with Crippen LogP contribution in [0.25, 0.3) is 0 Å². The number of nitrogens with one attached hydrogen (secondary N) is 1. The second-order valence-corrected chi connectivity index (χ2v) is 6.46. The number of nitrogens with zero attached hydrogens (tertiary/aromatic N) is 1. The van der Waals surface area contributed by atoms with E-state index in [2.05, 4.69) is 5.32 Å². The van der Waals surface area contributed by atoms with Gasteiger partial charge in [0, 0.05) is 29.7 Å². The monoisotopic (exact) mass is 382 g/mol. The van der Waals surface area contributed by atoms with Crippen molar-refractivity contribution in [1.82, 2.24) is 10.2 Å². The van der Waals surface area contributed by atoms with Gasteiger partial charge in [-0.25, -0.2) is 0 Å². The van der Waals surface area contributed by atoms with Crippen molar-refractivity contribution in [2.75, 3.05) is 7.05 Å². The molecule has 0 bridgehead atoms. The molecule has 1 aromatic heterocycles. The van der Waals surface area contributed by atoms with Gasteiger partial charge in [0.1, 0.15) is 5.76 Å². The number of carbonyl (C=O) groups is 2. The molecule has 2 aromatic carbocycles. The zero-order valence-electron chi connectivity index (χ0n) is 14.8. The lowest BCUT2D eigenvalue weighted by molar-refractivity contribution is 0.0717. The average molecular weight is 383 g/mol. The molecular weight excluding hydrogens is 364 g/mol. The Morgan fingerprint density at radius 2 is 1.78 bits per heavy atom. The minimum atomic E-state index is -0.149. The molecule has 0 aliphatic carbocycles. The van der Waals surface area contributed by atoms with Crippen LogP contribution in [0.15, 0.2) is 71.3 Å². The fraction of sp³-hybridized carbons (Fsp3) is 0.143. The fourth-order valence-electron chi connectivity index (χ4n) is 2.72. The SMILES string of the molecule is CNC(=O)c1ccc(CN(Cc2ccco2)C(=O)c2cccc(Cl)c2)cc1. The Morgan fingerprint density at radius 1 is 1.00 bits per heavy atom. The Bertz CT molecular complexity index is 921. The maximum Gasteiger partial charge on any atom is 0.254 e. The van der Waals surface area contributed by atoms with Crippen LogP contribution in [0.5, 0.6) is 0 Å². The molecule has 6 heteroatoms. The third-order valence-electron chi connectivity index (χ3n) is 4.10. The number of hydrogen-bond acceptors (Lipinski definition) is 3. The van der Waals surface area contributed by atoms with Gasteiger partial charge in [0.25, 0.3) is 11.8 Å². The first-order chi connectivity index (χ1) is 13.1. The van der Waals surface area contributed by atoms with Gasteiger partial charge < -0.3 is 14.6 Å². The van der Waals surface area contributed by atoms with Crippen LogP contribution in [-0.4, -0.2) is 23.8 Å². The first kappa shape index (κ1) is 18.7. The summed E-state index contributed by atoms with van der Waals surface area (Å²) in [6.45, 7) is 0.704. The van der Waals surface area contributed by atoms with Gasteiger partial charge in [0.05, 0.1) is 12.8 Å². The predicted molar refractivity (Wildman–Crippen MR) is 104 cm³/mol. The lowest BCUT2D eigenvalue weighted by atomic mass is 10.1. The summed E-state index contributed by atoms with van der Waals surface area (Å²) in [6.07, 6.45) is 1.58. The Balaban J connectivity index is 1.83. The molecule has 1 heterocycles. The number of amides is 2. The second-order valence-electron chi connectivity index (χ2n) is 6.03. The molecule has 0 fully saturated rings. The van der Waals surface area contributed by atoms with Crippen LogP contribution in [0, 0.1) is 0 Å². The summed E-state index contributed by atoms with van der Waals surface area (Å²) in [7, 11) is 1.59. The molecule has 3 aromatic rings. The van der Waals surface area contributed by atoms with Gasteiger partial charge in [-0.15, -0.1) is 0 Å². The zero-order chi connectivity index (χ0) is 19.2. The summed E-state index contributed by atoms with van der Waals surface area (Å²) >= 11 is 6.03. The standard InChI is InChI=1S/C21H19ClN2O3/c1-23-20(25)16-9-7-15(8-10-16)13-24(14-19-6-3-11-27-19)21(26)17-4-2-5-18(22)12-17/h2-12H,13-14H2,1H3,(H,23,25). The van der Waals surface area contributed by atoms with Gasteiger partial charge in [0.2, 0.25) is 0 Å². The lowest BCUT2D eigenvalue weighted by Crippen LogP contribution is -2.30. The quantitative estimate of drug-likeness (QED) is 0.697. The third-order valence-corrected chi connectivity index (χ3v) is 4.34. The highest BCUT2D eigenvalue weighted by Crippen LogP contribution is 2.18. The smallest absolute Gasteiger partial charge is 0.254 e. The van der Waals surface area contributed by atoms with Crippen molar-refractivity contribution in [3.63, 3.8) is 0 Å². The van der Waals surface area contributed by atoms with E-state index in [0.717, 1.165) is 5.56 Å². The van der Waals surface area contributed by atoms with E-state index < -0.39 is 0 Å². The number of halogens is 1. The van der Waals surface area contributed by atoms with E-state index in [1.54, 1.807) is 60.7 Å². The van der Waals surface area contributed by atoms with E-state index >= 15 is 0 Å². The molecule has 0 unspecified atom stereocenters. The molecule has 0 atom stereocenters. The van der Waals surface area contributed by atoms with Gasteiger partial charge in [-0.1, -0.05) is 29.8 Å².